The monoisotopic (exact) mass is 307 g/mol. The van der Waals surface area contributed by atoms with E-state index in [1.807, 2.05) is 32.2 Å². The molecule has 112 valence electrons. The van der Waals surface area contributed by atoms with E-state index in [-0.39, 0.29) is 11.1 Å². The van der Waals surface area contributed by atoms with Crippen molar-refractivity contribution < 1.29 is 9.13 Å². The van der Waals surface area contributed by atoms with Crippen LogP contribution in [-0.2, 0) is 6.42 Å². The van der Waals surface area contributed by atoms with E-state index in [9.17, 15) is 4.39 Å². The maximum atomic E-state index is 13.6. The molecule has 2 aromatic rings. The topological polar surface area (TPSA) is 21.3 Å². The van der Waals surface area contributed by atoms with Crippen LogP contribution in [0.25, 0.3) is 0 Å². The van der Waals surface area contributed by atoms with Gasteiger partial charge in [-0.05, 0) is 43.7 Å². The molecule has 2 nitrogen and oxygen atoms in total. The first kappa shape index (κ1) is 15.8. The molecule has 0 radical (unpaired) electrons. The molecule has 0 aliphatic carbocycles. The van der Waals surface area contributed by atoms with Crippen LogP contribution < -0.4 is 10.1 Å². The van der Waals surface area contributed by atoms with Crippen molar-refractivity contribution in [2.75, 3.05) is 14.2 Å². The zero-order valence-electron chi connectivity index (χ0n) is 12.4. The van der Waals surface area contributed by atoms with Gasteiger partial charge < -0.3 is 10.1 Å². The molecule has 0 aliphatic rings. The van der Waals surface area contributed by atoms with E-state index in [0.717, 1.165) is 22.4 Å². The molecule has 2 rings (SSSR count). The second-order valence-electron chi connectivity index (χ2n) is 5.00. The molecule has 0 aliphatic heterocycles. The first-order valence-electron chi connectivity index (χ1n) is 6.81. The van der Waals surface area contributed by atoms with Crippen LogP contribution >= 0.6 is 11.6 Å². The van der Waals surface area contributed by atoms with Crippen molar-refractivity contribution in [3.63, 3.8) is 0 Å². The van der Waals surface area contributed by atoms with Crippen LogP contribution in [0.2, 0.25) is 5.02 Å². The number of halogens is 2. The molecule has 0 saturated carbocycles. The lowest BCUT2D eigenvalue weighted by Crippen LogP contribution is -2.20. The maximum Gasteiger partial charge on any atom is 0.142 e. The van der Waals surface area contributed by atoms with Crippen LogP contribution in [-0.4, -0.2) is 14.2 Å². The summed E-state index contributed by atoms with van der Waals surface area (Å²) in [6.45, 7) is 2.03. The number of methoxy groups -OCH3 is 1. The Bertz CT molecular complexity index is 630. The fourth-order valence-electron chi connectivity index (χ4n) is 2.44. The molecule has 0 amide bonds. The molecule has 2 aromatic carbocycles. The van der Waals surface area contributed by atoms with Crippen molar-refractivity contribution in [2.24, 2.45) is 0 Å². The number of aryl methyl sites for hydroxylation is 1. The molecular weight excluding hydrogens is 289 g/mol. The zero-order valence-corrected chi connectivity index (χ0v) is 13.2. The lowest BCUT2D eigenvalue weighted by atomic mass is 9.97. The van der Waals surface area contributed by atoms with Crippen molar-refractivity contribution in [1.29, 1.82) is 0 Å². The highest BCUT2D eigenvalue weighted by Gasteiger charge is 2.17. The maximum absolute atomic E-state index is 13.6. The second kappa shape index (κ2) is 6.92. The van der Waals surface area contributed by atoms with Crippen LogP contribution in [0.15, 0.2) is 36.4 Å². The molecule has 0 saturated heterocycles. The largest absolute Gasteiger partial charge is 0.496 e. The second-order valence-corrected chi connectivity index (χ2v) is 5.38. The molecular formula is C17H19ClFNO. The predicted molar refractivity (Wildman–Crippen MR) is 84.6 cm³/mol. The fourth-order valence-corrected chi connectivity index (χ4v) is 2.70. The van der Waals surface area contributed by atoms with Gasteiger partial charge in [0, 0.05) is 6.04 Å². The van der Waals surface area contributed by atoms with Gasteiger partial charge in [-0.3, -0.25) is 0 Å². The summed E-state index contributed by atoms with van der Waals surface area (Å²) in [5, 5.41) is 3.37. The Morgan fingerprint density at radius 1 is 1.29 bits per heavy atom. The highest BCUT2D eigenvalue weighted by Crippen LogP contribution is 2.30. The van der Waals surface area contributed by atoms with E-state index < -0.39 is 5.82 Å². The molecule has 21 heavy (non-hydrogen) atoms. The summed E-state index contributed by atoms with van der Waals surface area (Å²) < 4.78 is 19.0. The number of nitrogens with one attached hydrogen (secondary N) is 1. The smallest absolute Gasteiger partial charge is 0.142 e. The lowest BCUT2D eigenvalue weighted by molar-refractivity contribution is 0.406. The summed E-state index contributed by atoms with van der Waals surface area (Å²) in [6.07, 6.45) is 0.671. The normalized spacial score (nSPS) is 12.2. The summed E-state index contributed by atoms with van der Waals surface area (Å²) >= 11 is 6.09. The SMILES string of the molecule is CNC(Cc1cc(C)ccc1OC)c1cccc(F)c1Cl. The predicted octanol–water partition coefficient (Wildman–Crippen LogP) is 4.30. The minimum Gasteiger partial charge on any atom is -0.496 e. The summed E-state index contributed by atoms with van der Waals surface area (Å²) in [4.78, 5) is 0. The molecule has 0 aromatic heterocycles. The molecule has 0 spiro atoms. The van der Waals surface area contributed by atoms with Crippen molar-refractivity contribution in [1.82, 2.24) is 5.32 Å². The minimum absolute atomic E-state index is 0.0797. The van der Waals surface area contributed by atoms with Gasteiger partial charge in [-0.1, -0.05) is 41.4 Å². The van der Waals surface area contributed by atoms with Gasteiger partial charge in [0.25, 0.3) is 0 Å². The number of likely N-dealkylation sites (N-methyl/N-ethyl adjacent to an activating group) is 1. The molecule has 0 heterocycles. The highest BCUT2D eigenvalue weighted by molar-refractivity contribution is 6.31. The Morgan fingerprint density at radius 3 is 2.71 bits per heavy atom. The van der Waals surface area contributed by atoms with E-state index in [0.29, 0.717) is 6.42 Å². The first-order chi connectivity index (χ1) is 10.1. The summed E-state index contributed by atoms with van der Waals surface area (Å²) in [5.41, 5.74) is 2.98. The zero-order chi connectivity index (χ0) is 15.4. The Labute approximate surface area is 129 Å². The molecule has 0 bridgehead atoms. The average Bonchev–Trinajstić information content (AvgIpc) is 2.48. The number of hydrogen-bond donors (Lipinski definition) is 1. The molecule has 1 N–H and O–H groups in total. The van der Waals surface area contributed by atoms with Gasteiger partial charge >= 0.3 is 0 Å². The first-order valence-corrected chi connectivity index (χ1v) is 7.19. The van der Waals surface area contributed by atoms with E-state index in [4.69, 9.17) is 16.3 Å². The minimum atomic E-state index is -0.398. The molecule has 4 heteroatoms. The molecule has 1 atom stereocenters. The van der Waals surface area contributed by atoms with E-state index in [1.165, 1.54) is 6.07 Å². The highest BCUT2D eigenvalue weighted by atomic mass is 35.5. The van der Waals surface area contributed by atoms with Gasteiger partial charge in [0.2, 0.25) is 0 Å². The average molecular weight is 308 g/mol. The van der Waals surface area contributed by atoms with Crippen LogP contribution in [0.1, 0.15) is 22.7 Å². The third kappa shape index (κ3) is 3.55. The Hall–Kier alpha value is -1.58. The van der Waals surface area contributed by atoms with Crippen molar-refractivity contribution in [3.8, 4) is 5.75 Å². The number of rotatable bonds is 5. The lowest BCUT2D eigenvalue weighted by Gasteiger charge is -2.20. The van der Waals surface area contributed by atoms with Gasteiger partial charge in [0.15, 0.2) is 0 Å². The summed E-state index contributed by atoms with van der Waals surface area (Å²) in [5.74, 6) is 0.430. The fraction of sp³-hybridized carbons (Fsp3) is 0.294. The Balaban J connectivity index is 2.35. The summed E-state index contributed by atoms with van der Waals surface area (Å²) in [6, 6.07) is 10.8. The van der Waals surface area contributed by atoms with E-state index in [2.05, 4.69) is 11.4 Å². The van der Waals surface area contributed by atoms with Crippen molar-refractivity contribution in [2.45, 2.75) is 19.4 Å². The molecule has 0 fully saturated rings. The standard InChI is InChI=1S/C17H19ClFNO/c1-11-7-8-16(21-3)12(9-11)10-15(20-2)13-5-4-6-14(19)17(13)18/h4-9,15,20H,10H2,1-3H3. The van der Waals surface area contributed by atoms with Crippen LogP contribution in [0.5, 0.6) is 5.75 Å². The molecule has 1 unspecified atom stereocenters. The summed E-state index contributed by atoms with van der Waals surface area (Å²) in [7, 11) is 3.49. The number of benzene rings is 2. The van der Waals surface area contributed by atoms with Gasteiger partial charge in [-0.25, -0.2) is 4.39 Å². The third-order valence-corrected chi connectivity index (χ3v) is 3.96. The van der Waals surface area contributed by atoms with Gasteiger partial charge in [-0.15, -0.1) is 0 Å². The van der Waals surface area contributed by atoms with E-state index in [1.54, 1.807) is 13.2 Å². The number of ether oxygens (including phenoxy) is 1. The van der Waals surface area contributed by atoms with Gasteiger partial charge in [-0.2, -0.15) is 0 Å². The van der Waals surface area contributed by atoms with Gasteiger partial charge in [0.1, 0.15) is 11.6 Å². The third-order valence-electron chi connectivity index (χ3n) is 3.57. The van der Waals surface area contributed by atoms with Gasteiger partial charge in [0.05, 0.1) is 12.1 Å². The number of hydrogen-bond acceptors (Lipinski definition) is 2. The van der Waals surface area contributed by atoms with E-state index >= 15 is 0 Å². The van der Waals surface area contributed by atoms with Crippen LogP contribution in [0, 0.1) is 12.7 Å². The van der Waals surface area contributed by atoms with Crippen LogP contribution in [0.4, 0.5) is 4.39 Å². The Morgan fingerprint density at radius 2 is 2.05 bits per heavy atom. The Kier molecular flexibility index (Phi) is 5.21. The quantitative estimate of drug-likeness (QED) is 0.889. The van der Waals surface area contributed by atoms with Crippen molar-refractivity contribution >= 4 is 11.6 Å². The van der Waals surface area contributed by atoms with Crippen LogP contribution in [0.3, 0.4) is 0 Å². The van der Waals surface area contributed by atoms with Crippen molar-refractivity contribution in [3.05, 3.63) is 63.9 Å².